The Hall–Kier alpha value is -0.610. The number of hydrogen-bond acceptors (Lipinski definition) is 3. The molecule has 2 rings (SSSR count). The van der Waals surface area contributed by atoms with Crippen molar-refractivity contribution in [2.45, 2.75) is 19.4 Å². The van der Waals surface area contributed by atoms with E-state index in [-0.39, 0.29) is 0 Å². The second kappa shape index (κ2) is 4.49. The van der Waals surface area contributed by atoms with Gasteiger partial charge in [-0.3, -0.25) is 0 Å². The second-order valence-electron chi connectivity index (χ2n) is 4.07. The molecule has 1 aromatic heterocycles. The predicted octanol–water partition coefficient (Wildman–Crippen LogP) is 2.02. The van der Waals surface area contributed by atoms with Gasteiger partial charge in [-0.25, -0.2) is 4.98 Å². The zero-order valence-corrected chi connectivity index (χ0v) is 10.4. The molecule has 2 heterocycles. The van der Waals surface area contributed by atoms with Crippen LogP contribution in [-0.4, -0.2) is 24.1 Å². The minimum Gasteiger partial charge on any atom is -0.351 e. The van der Waals surface area contributed by atoms with E-state index in [4.69, 9.17) is 5.73 Å². The van der Waals surface area contributed by atoms with Gasteiger partial charge in [-0.05, 0) is 40.4 Å². The van der Waals surface area contributed by atoms with E-state index in [9.17, 15) is 0 Å². The van der Waals surface area contributed by atoms with Crippen LogP contribution in [0.5, 0.6) is 0 Å². The maximum atomic E-state index is 5.82. The van der Waals surface area contributed by atoms with Crippen LogP contribution in [0.4, 0.5) is 5.82 Å². The molecular weight excluding hydrogens is 254 g/mol. The van der Waals surface area contributed by atoms with Gasteiger partial charge in [-0.1, -0.05) is 6.92 Å². The summed E-state index contributed by atoms with van der Waals surface area (Å²) in [4.78, 5) is 6.73. The fourth-order valence-corrected chi connectivity index (χ4v) is 2.70. The highest BCUT2D eigenvalue weighted by atomic mass is 79.9. The van der Waals surface area contributed by atoms with Gasteiger partial charge in [0.15, 0.2) is 0 Å². The maximum Gasteiger partial charge on any atom is 0.143 e. The molecule has 0 spiro atoms. The Kier molecular flexibility index (Phi) is 3.26. The number of hydrogen-bond donors (Lipinski definition) is 1. The van der Waals surface area contributed by atoms with Crippen molar-refractivity contribution in [2.75, 3.05) is 18.0 Å². The normalized spacial score (nSPS) is 25.9. The predicted molar refractivity (Wildman–Crippen MR) is 65.9 cm³/mol. The third kappa shape index (κ3) is 2.01. The molecule has 2 atom stereocenters. The number of rotatable bonds is 2. The standard InChI is InChI=1S/C11H16BrN3/c1-8-4-6-15(10(8)7-13)11-9(12)3-2-5-14-11/h2-3,5,8,10H,4,6-7,13H2,1H3. The summed E-state index contributed by atoms with van der Waals surface area (Å²) < 4.78 is 1.05. The molecular formula is C11H16BrN3. The van der Waals surface area contributed by atoms with E-state index in [2.05, 4.69) is 32.7 Å². The van der Waals surface area contributed by atoms with Gasteiger partial charge in [0.1, 0.15) is 5.82 Å². The SMILES string of the molecule is CC1CCN(c2ncccc2Br)C1CN. The second-order valence-corrected chi connectivity index (χ2v) is 4.93. The van der Waals surface area contributed by atoms with Crippen molar-refractivity contribution in [3.05, 3.63) is 22.8 Å². The summed E-state index contributed by atoms with van der Waals surface area (Å²) >= 11 is 3.54. The largest absolute Gasteiger partial charge is 0.351 e. The first kappa shape index (κ1) is 10.9. The Morgan fingerprint density at radius 3 is 3.13 bits per heavy atom. The van der Waals surface area contributed by atoms with Gasteiger partial charge in [0.2, 0.25) is 0 Å². The number of aromatic nitrogens is 1. The van der Waals surface area contributed by atoms with Crippen LogP contribution in [0.15, 0.2) is 22.8 Å². The van der Waals surface area contributed by atoms with Gasteiger partial charge in [0.25, 0.3) is 0 Å². The number of nitrogens with zero attached hydrogens (tertiary/aromatic N) is 2. The molecule has 3 nitrogen and oxygen atoms in total. The van der Waals surface area contributed by atoms with Crippen molar-refractivity contribution in [3.63, 3.8) is 0 Å². The third-order valence-corrected chi connectivity index (χ3v) is 3.75. The summed E-state index contributed by atoms with van der Waals surface area (Å²) in [6.45, 7) is 4.01. The molecule has 1 saturated heterocycles. The lowest BCUT2D eigenvalue weighted by Crippen LogP contribution is -2.39. The molecule has 82 valence electrons. The lowest BCUT2D eigenvalue weighted by molar-refractivity contribution is 0.517. The van der Waals surface area contributed by atoms with Crippen molar-refractivity contribution in [3.8, 4) is 0 Å². The number of pyridine rings is 1. The van der Waals surface area contributed by atoms with Crippen molar-refractivity contribution < 1.29 is 0 Å². The summed E-state index contributed by atoms with van der Waals surface area (Å²) in [5.74, 6) is 1.68. The first-order valence-corrected chi connectivity index (χ1v) is 6.10. The molecule has 2 unspecified atom stereocenters. The van der Waals surface area contributed by atoms with Crippen LogP contribution in [0, 0.1) is 5.92 Å². The molecule has 1 aliphatic heterocycles. The number of anilines is 1. The average molecular weight is 270 g/mol. The highest BCUT2D eigenvalue weighted by molar-refractivity contribution is 9.10. The van der Waals surface area contributed by atoms with E-state index >= 15 is 0 Å². The average Bonchev–Trinajstić information content (AvgIpc) is 2.60. The van der Waals surface area contributed by atoms with Gasteiger partial charge in [0.05, 0.1) is 4.47 Å². The molecule has 0 saturated carbocycles. The van der Waals surface area contributed by atoms with Crippen molar-refractivity contribution in [1.29, 1.82) is 0 Å². The smallest absolute Gasteiger partial charge is 0.143 e. The van der Waals surface area contributed by atoms with Crippen molar-refractivity contribution >= 4 is 21.7 Å². The van der Waals surface area contributed by atoms with Crippen LogP contribution < -0.4 is 10.6 Å². The Balaban J connectivity index is 2.28. The van der Waals surface area contributed by atoms with Crippen molar-refractivity contribution in [2.24, 2.45) is 11.7 Å². The fourth-order valence-electron chi connectivity index (χ4n) is 2.22. The van der Waals surface area contributed by atoms with Crippen LogP contribution in [0.25, 0.3) is 0 Å². The van der Waals surface area contributed by atoms with Crippen LogP contribution >= 0.6 is 15.9 Å². The van der Waals surface area contributed by atoms with Crippen LogP contribution in [-0.2, 0) is 0 Å². The Morgan fingerprint density at radius 1 is 1.67 bits per heavy atom. The summed E-state index contributed by atoms with van der Waals surface area (Å²) in [5, 5.41) is 0. The van der Waals surface area contributed by atoms with Crippen molar-refractivity contribution in [1.82, 2.24) is 4.98 Å². The minimum atomic E-state index is 0.427. The van der Waals surface area contributed by atoms with E-state index in [1.165, 1.54) is 6.42 Å². The molecule has 1 aromatic rings. The monoisotopic (exact) mass is 269 g/mol. The first-order chi connectivity index (χ1) is 7.24. The molecule has 2 N–H and O–H groups in total. The maximum absolute atomic E-state index is 5.82. The van der Waals surface area contributed by atoms with Crippen LogP contribution in [0.3, 0.4) is 0 Å². The van der Waals surface area contributed by atoms with Gasteiger partial charge >= 0.3 is 0 Å². The molecule has 4 heteroatoms. The van der Waals surface area contributed by atoms with E-state index in [0.717, 1.165) is 16.8 Å². The molecule has 0 aromatic carbocycles. The first-order valence-electron chi connectivity index (χ1n) is 5.31. The molecule has 0 amide bonds. The molecule has 0 radical (unpaired) electrons. The van der Waals surface area contributed by atoms with Gasteiger partial charge < -0.3 is 10.6 Å². The summed E-state index contributed by atoms with van der Waals surface area (Å²) in [7, 11) is 0. The molecule has 0 bridgehead atoms. The summed E-state index contributed by atoms with van der Waals surface area (Å²) in [5.41, 5.74) is 5.82. The Morgan fingerprint density at radius 2 is 2.47 bits per heavy atom. The van der Waals surface area contributed by atoms with E-state index in [1.807, 2.05) is 18.3 Å². The Bertz CT molecular complexity index is 342. The topological polar surface area (TPSA) is 42.2 Å². The highest BCUT2D eigenvalue weighted by Crippen LogP contribution is 2.32. The van der Waals surface area contributed by atoms with Gasteiger partial charge in [0, 0.05) is 25.3 Å². The van der Waals surface area contributed by atoms with Crippen LogP contribution in [0.2, 0.25) is 0 Å². The number of halogens is 1. The van der Waals surface area contributed by atoms with E-state index in [0.29, 0.717) is 18.5 Å². The molecule has 1 aliphatic rings. The number of nitrogens with two attached hydrogens (primary N) is 1. The summed E-state index contributed by atoms with van der Waals surface area (Å²) in [6.07, 6.45) is 3.03. The highest BCUT2D eigenvalue weighted by Gasteiger charge is 2.31. The molecule has 0 aliphatic carbocycles. The molecule has 15 heavy (non-hydrogen) atoms. The quantitative estimate of drug-likeness (QED) is 0.894. The zero-order valence-electron chi connectivity index (χ0n) is 8.86. The third-order valence-electron chi connectivity index (χ3n) is 3.14. The van der Waals surface area contributed by atoms with E-state index in [1.54, 1.807) is 0 Å². The van der Waals surface area contributed by atoms with E-state index < -0.39 is 0 Å². The van der Waals surface area contributed by atoms with Crippen LogP contribution in [0.1, 0.15) is 13.3 Å². The van der Waals surface area contributed by atoms with Gasteiger partial charge in [-0.2, -0.15) is 0 Å². The molecule has 1 fully saturated rings. The Labute approximate surface area is 98.8 Å². The lowest BCUT2D eigenvalue weighted by atomic mass is 10.0. The lowest BCUT2D eigenvalue weighted by Gasteiger charge is -2.27. The zero-order chi connectivity index (χ0) is 10.8. The van der Waals surface area contributed by atoms with Gasteiger partial charge in [-0.15, -0.1) is 0 Å². The summed E-state index contributed by atoms with van der Waals surface area (Å²) in [6, 6.07) is 4.39. The minimum absolute atomic E-state index is 0.427. The fraction of sp³-hybridized carbons (Fsp3) is 0.545.